The molecule has 1 aromatic heterocycles. The molecule has 110 valence electrons. The number of carbonyl (C=O) groups excluding carboxylic acids is 1. The van der Waals surface area contributed by atoms with Crippen molar-refractivity contribution in [2.75, 3.05) is 0 Å². The number of benzene rings is 2. The van der Waals surface area contributed by atoms with Gasteiger partial charge in [0.05, 0.1) is 5.52 Å². The van der Waals surface area contributed by atoms with Crippen LogP contribution in [-0.4, -0.2) is 25.8 Å². The third-order valence-corrected chi connectivity index (χ3v) is 4.15. The summed E-state index contributed by atoms with van der Waals surface area (Å²) >= 11 is 0. The van der Waals surface area contributed by atoms with Gasteiger partial charge in [-0.1, -0.05) is 47.7 Å². The van der Waals surface area contributed by atoms with E-state index in [0.717, 1.165) is 23.0 Å². The summed E-state index contributed by atoms with van der Waals surface area (Å²) in [5.41, 5.74) is 2.97. The molecule has 0 radical (unpaired) electrons. The summed E-state index contributed by atoms with van der Waals surface area (Å²) in [4.78, 5) is 14.2. The lowest BCUT2D eigenvalue weighted by Crippen LogP contribution is -2.31. The largest absolute Gasteiger partial charge is 0.316 e. The summed E-state index contributed by atoms with van der Waals surface area (Å²) in [6, 6.07) is 17.9. The predicted octanol–water partition coefficient (Wildman–Crippen LogP) is 2.75. The van der Waals surface area contributed by atoms with Crippen LogP contribution < -0.4 is 0 Å². The Morgan fingerprint density at radius 2 is 1.82 bits per heavy atom. The Hall–Kier alpha value is -2.69. The van der Waals surface area contributed by atoms with E-state index in [2.05, 4.69) is 10.3 Å². The quantitative estimate of drug-likeness (QED) is 0.746. The van der Waals surface area contributed by atoms with E-state index in [1.54, 1.807) is 0 Å². The van der Waals surface area contributed by atoms with Crippen LogP contribution in [-0.2, 0) is 11.3 Å². The zero-order chi connectivity index (χ0) is 14.9. The lowest BCUT2D eigenvalue weighted by Gasteiger charge is -2.25. The number of nitrogens with zero attached hydrogens (tertiary/aromatic N) is 4. The minimum atomic E-state index is -0.0555. The van der Waals surface area contributed by atoms with Crippen LogP contribution >= 0.6 is 0 Å². The van der Waals surface area contributed by atoms with Crippen molar-refractivity contribution in [3.05, 3.63) is 60.2 Å². The highest BCUT2D eigenvalue weighted by Gasteiger charge is 2.33. The molecule has 1 unspecified atom stereocenters. The minimum Gasteiger partial charge on any atom is -0.316 e. The van der Waals surface area contributed by atoms with Crippen LogP contribution in [0.4, 0.5) is 0 Å². The lowest BCUT2D eigenvalue weighted by atomic mass is 10.2. The molecular formula is C17H16N4O. The van der Waals surface area contributed by atoms with Gasteiger partial charge in [0.1, 0.15) is 11.7 Å². The molecular weight excluding hydrogens is 276 g/mol. The van der Waals surface area contributed by atoms with E-state index in [1.807, 2.05) is 64.2 Å². The molecule has 2 heterocycles. The van der Waals surface area contributed by atoms with E-state index < -0.39 is 0 Å². The van der Waals surface area contributed by atoms with E-state index in [1.165, 1.54) is 0 Å². The maximum atomic E-state index is 12.3. The number of fused-ring (bicyclic) bond motifs is 1. The van der Waals surface area contributed by atoms with Crippen molar-refractivity contribution < 1.29 is 4.79 Å². The molecule has 0 saturated carbocycles. The third kappa shape index (κ3) is 2.15. The molecule has 5 nitrogen and oxygen atoms in total. The molecule has 0 N–H and O–H groups in total. The van der Waals surface area contributed by atoms with Gasteiger partial charge in [-0.2, -0.15) is 0 Å². The van der Waals surface area contributed by atoms with Gasteiger partial charge in [0.2, 0.25) is 5.91 Å². The van der Waals surface area contributed by atoms with E-state index in [9.17, 15) is 4.79 Å². The molecule has 3 aromatic rings. The van der Waals surface area contributed by atoms with Gasteiger partial charge in [-0.3, -0.25) is 4.79 Å². The molecule has 2 aromatic carbocycles. The van der Waals surface area contributed by atoms with Gasteiger partial charge in [-0.05, 0) is 24.1 Å². The second-order valence-electron chi connectivity index (χ2n) is 5.55. The monoisotopic (exact) mass is 292 g/mol. The molecule has 1 saturated heterocycles. The van der Waals surface area contributed by atoms with Crippen molar-refractivity contribution in [3.8, 4) is 0 Å². The SMILES string of the molecule is O=C1CCC(n2nnc3ccccc32)N1Cc1ccccc1. The molecule has 0 bridgehead atoms. The van der Waals surface area contributed by atoms with Crippen molar-refractivity contribution in [2.45, 2.75) is 25.6 Å². The number of para-hydroxylation sites is 1. The average Bonchev–Trinajstić information content (AvgIpc) is 3.13. The fourth-order valence-corrected chi connectivity index (χ4v) is 3.05. The normalized spacial score (nSPS) is 18.3. The van der Waals surface area contributed by atoms with Gasteiger partial charge in [0.25, 0.3) is 0 Å². The number of hydrogen-bond donors (Lipinski definition) is 0. The first-order valence-electron chi connectivity index (χ1n) is 7.46. The first-order chi connectivity index (χ1) is 10.8. The third-order valence-electron chi connectivity index (χ3n) is 4.15. The second-order valence-corrected chi connectivity index (χ2v) is 5.55. The molecule has 1 aliphatic rings. The van der Waals surface area contributed by atoms with Crippen molar-refractivity contribution in [2.24, 2.45) is 0 Å². The molecule has 0 aliphatic carbocycles. The smallest absolute Gasteiger partial charge is 0.224 e. The van der Waals surface area contributed by atoms with Crippen LogP contribution in [0.1, 0.15) is 24.6 Å². The highest BCUT2D eigenvalue weighted by atomic mass is 16.2. The number of likely N-dealkylation sites (tertiary alicyclic amines) is 1. The highest BCUT2D eigenvalue weighted by molar-refractivity contribution is 5.79. The summed E-state index contributed by atoms with van der Waals surface area (Å²) in [5.74, 6) is 0.174. The molecule has 1 atom stereocenters. The zero-order valence-electron chi connectivity index (χ0n) is 12.1. The fraction of sp³-hybridized carbons (Fsp3) is 0.235. The summed E-state index contributed by atoms with van der Waals surface area (Å²) in [7, 11) is 0. The molecule has 22 heavy (non-hydrogen) atoms. The molecule has 1 amide bonds. The van der Waals surface area contributed by atoms with Crippen LogP contribution in [0, 0.1) is 0 Å². The van der Waals surface area contributed by atoms with Crippen LogP contribution in [0.25, 0.3) is 11.0 Å². The van der Waals surface area contributed by atoms with E-state index in [-0.39, 0.29) is 12.1 Å². The van der Waals surface area contributed by atoms with Crippen LogP contribution in [0.3, 0.4) is 0 Å². The van der Waals surface area contributed by atoms with E-state index in [0.29, 0.717) is 13.0 Å². The highest BCUT2D eigenvalue weighted by Crippen LogP contribution is 2.31. The first-order valence-corrected chi connectivity index (χ1v) is 7.46. The Bertz CT molecular complexity index is 812. The number of aromatic nitrogens is 3. The second kappa shape index (κ2) is 5.26. The summed E-state index contributed by atoms with van der Waals surface area (Å²) in [6.45, 7) is 0.610. The van der Waals surface area contributed by atoms with Crippen molar-refractivity contribution in [1.82, 2.24) is 19.9 Å². The maximum Gasteiger partial charge on any atom is 0.224 e. The van der Waals surface area contributed by atoms with Gasteiger partial charge in [-0.25, -0.2) is 4.68 Å². The Labute approximate surface area is 128 Å². The van der Waals surface area contributed by atoms with Gasteiger partial charge < -0.3 is 4.90 Å². The van der Waals surface area contributed by atoms with Crippen molar-refractivity contribution in [1.29, 1.82) is 0 Å². The number of rotatable bonds is 3. The molecule has 5 heteroatoms. The Balaban J connectivity index is 1.69. The van der Waals surface area contributed by atoms with E-state index in [4.69, 9.17) is 0 Å². The molecule has 1 aliphatic heterocycles. The van der Waals surface area contributed by atoms with Gasteiger partial charge in [-0.15, -0.1) is 5.10 Å². The van der Waals surface area contributed by atoms with Crippen LogP contribution in [0.15, 0.2) is 54.6 Å². The Kier molecular flexibility index (Phi) is 3.11. The average molecular weight is 292 g/mol. The molecule has 0 spiro atoms. The van der Waals surface area contributed by atoms with Gasteiger partial charge in [0.15, 0.2) is 0 Å². The standard InChI is InChI=1S/C17H16N4O/c22-17-11-10-16(20(17)12-13-6-2-1-3-7-13)21-15-9-5-4-8-14(15)18-19-21/h1-9,16H,10-12H2. The number of carbonyl (C=O) groups is 1. The predicted molar refractivity (Wildman–Crippen MR) is 82.8 cm³/mol. The number of amides is 1. The van der Waals surface area contributed by atoms with Crippen molar-refractivity contribution >= 4 is 16.9 Å². The summed E-state index contributed by atoms with van der Waals surface area (Å²) in [5, 5.41) is 8.48. The lowest BCUT2D eigenvalue weighted by molar-refractivity contribution is -0.130. The minimum absolute atomic E-state index is 0.0555. The first kappa shape index (κ1) is 13.0. The van der Waals surface area contributed by atoms with E-state index >= 15 is 0 Å². The zero-order valence-corrected chi connectivity index (χ0v) is 12.1. The molecule has 1 fully saturated rings. The topological polar surface area (TPSA) is 51.0 Å². The van der Waals surface area contributed by atoms with Crippen LogP contribution in [0.5, 0.6) is 0 Å². The van der Waals surface area contributed by atoms with Gasteiger partial charge >= 0.3 is 0 Å². The fourth-order valence-electron chi connectivity index (χ4n) is 3.05. The number of hydrogen-bond acceptors (Lipinski definition) is 3. The Morgan fingerprint density at radius 1 is 1.05 bits per heavy atom. The van der Waals surface area contributed by atoms with Crippen molar-refractivity contribution in [3.63, 3.8) is 0 Å². The Morgan fingerprint density at radius 3 is 2.68 bits per heavy atom. The summed E-state index contributed by atoms with van der Waals surface area (Å²) < 4.78 is 1.88. The van der Waals surface area contributed by atoms with Crippen LogP contribution in [0.2, 0.25) is 0 Å². The maximum absolute atomic E-state index is 12.3. The summed E-state index contributed by atoms with van der Waals surface area (Å²) in [6.07, 6.45) is 1.28. The van der Waals surface area contributed by atoms with Gasteiger partial charge in [0, 0.05) is 13.0 Å². The molecule has 4 rings (SSSR count).